The first kappa shape index (κ1) is 20.8. The van der Waals surface area contributed by atoms with E-state index in [9.17, 15) is 4.79 Å². The Labute approximate surface area is 181 Å². The lowest BCUT2D eigenvalue weighted by Crippen LogP contribution is -2.26. The number of ether oxygens (including phenoxy) is 4. The highest BCUT2D eigenvalue weighted by Crippen LogP contribution is 2.45. The van der Waals surface area contributed by atoms with Gasteiger partial charge in [-0.2, -0.15) is 0 Å². The van der Waals surface area contributed by atoms with Crippen molar-refractivity contribution in [2.75, 3.05) is 32.3 Å². The molecule has 1 aliphatic heterocycles. The lowest BCUT2D eigenvalue weighted by molar-refractivity contribution is -0.152. The van der Waals surface area contributed by atoms with E-state index in [2.05, 4.69) is 4.90 Å². The summed E-state index contributed by atoms with van der Waals surface area (Å²) in [7, 11) is 2.86. The molecule has 0 N–H and O–H groups in total. The molecule has 1 heterocycles. The second-order valence-corrected chi connectivity index (χ2v) is 7.13. The fraction of sp³-hybridized carbons (Fsp3) is 0.240. The third-order valence-corrected chi connectivity index (χ3v) is 5.21. The van der Waals surface area contributed by atoms with Crippen molar-refractivity contribution in [3.8, 4) is 17.2 Å². The van der Waals surface area contributed by atoms with Crippen LogP contribution < -0.4 is 14.4 Å². The van der Waals surface area contributed by atoms with Crippen molar-refractivity contribution < 1.29 is 23.7 Å². The molecule has 0 amide bonds. The number of anilines is 2. The first-order valence-electron chi connectivity index (χ1n) is 10.2. The Morgan fingerprint density at radius 1 is 0.903 bits per heavy atom. The van der Waals surface area contributed by atoms with Gasteiger partial charge in [-0.1, -0.05) is 36.4 Å². The molecule has 6 nitrogen and oxygen atoms in total. The average Bonchev–Trinajstić information content (AvgIpc) is 2.82. The van der Waals surface area contributed by atoms with Gasteiger partial charge in [0.1, 0.15) is 12.4 Å². The van der Waals surface area contributed by atoms with Crippen molar-refractivity contribution in [2.45, 2.75) is 12.5 Å². The molecule has 0 aromatic heterocycles. The van der Waals surface area contributed by atoms with E-state index in [1.165, 1.54) is 14.2 Å². The van der Waals surface area contributed by atoms with Gasteiger partial charge >= 0.3 is 5.97 Å². The molecule has 1 aliphatic rings. The lowest BCUT2D eigenvalue weighted by Gasteiger charge is -2.32. The number of rotatable bonds is 8. The Kier molecular flexibility index (Phi) is 6.38. The Bertz CT molecular complexity index is 989. The molecule has 31 heavy (non-hydrogen) atoms. The fourth-order valence-electron chi connectivity index (χ4n) is 3.61. The number of nitrogens with zero attached hydrogens (tertiary/aromatic N) is 1. The van der Waals surface area contributed by atoms with Crippen LogP contribution in [0.3, 0.4) is 0 Å². The second kappa shape index (κ2) is 9.53. The topological polar surface area (TPSA) is 57.2 Å². The molecule has 0 aliphatic carbocycles. The van der Waals surface area contributed by atoms with Crippen molar-refractivity contribution in [1.82, 2.24) is 0 Å². The van der Waals surface area contributed by atoms with E-state index in [0.717, 1.165) is 34.2 Å². The molecule has 0 radical (unpaired) electrons. The summed E-state index contributed by atoms with van der Waals surface area (Å²) < 4.78 is 22.0. The van der Waals surface area contributed by atoms with E-state index in [-0.39, 0.29) is 5.97 Å². The minimum atomic E-state index is -0.613. The van der Waals surface area contributed by atoms with E-state index >= 15 is 0 Å². The third kappa shape index (κ3) is 4.64. The fourth-order valence-corrected chi connectivity index (χ4v) is 3.61. The molecule has 0 spiro atoms. The summed E-state index contributed by atoms with van der Waals surface area (Å²) in [5.74, 6) is 2.06. The maximum atomic E-state index is 11.7. The average molecular weight is 419 g/mol. The highest BCUT2D eigenvalue weighted by molar-refractivity contribution is 5.77. The van der Waals surface area contributed by atoms with Gasteiger partial charge in [0.2, 0.25) is 0 Å². The van der Waals surface area contributed by atoms with Gasteiger partial charge in [0.15, 0.2) is 17.6 Å². The minimum absolute atomic E-state index is 0.381. The molecule has 0 saturated carbocycles. The zero-order valence-corrected chi connectivity index (χ0v) is 17.6. The molecule has 3 aromatic carbocycles. The van der Waals surface area contributed by atoms with Crippen molar-refractivity contribution in [1.29, 1.82) is 0 Å². The van der Waals surface area contributed by atoms with E-state index in [0.29, 0.717) is 19.6 Å². The van der Waals surface area contributed by atoms with E-state index in [1.54, 1.807) is 0 Å². The molecular formula is C25H25NO5. The standard InChI is InChI=1S/C25H25NO5/c1-28-24(25(27)29-2)17-18-11-13-19(14-12-18)30-16-15-26-20-7-3-5-9-22(20)31-23-10-6-4-8-21(23)26/h3-14,24H,15-17H2,1-2H3/t24-/m0/s1. The van der Waals surface area contributed by atoms with E-state index in [4.69, 9.17) is 18.9 Å². The monoisotopic (exact) mass is 419 g/mol. The molecule has 0 saturated heterocycles. The Morgan fingerprint density at radius 3 is 2.10 bits per heavy atom. The zero-order valence-electron chi connectivity index (χ0n) is 17.6. The van der Waals surface area contributed by atoms with Crippen LogP contribution in [0.15, 0.2) is 72.8 Å². The van der Waals surface area contributed by atoms with Gasteiger partial charge in [-0.25, -0.2) is 4.79 Å². The van der Waals surface area contributed by atoms with Crippen molar-refractivity contribution in [2.24, 2.45) is 0 Å². The molecular weight excluding hydrogens is 394 g/mol. The van der Waals surface area contributed by atoms with Gasteiger partial charge in [-0.3, -0.25) is 0 Å². The zero-order chi connectivity index (χ0) is 21.6. The van der Waals surface area contributed by atoms with Gasteiger partial charge in [0.25, 0.3) is 0 Å². The van der Waals surface area contributed by atoms with Gasteiger partial charge < -0.3 is 23.8 Å². The van der Waals surface area contributed by atoms with Crippen molar-refractivity contribution >= 4 is 17.3 Å². The number of benzene rings is 3. The van der Waals surface area contributed by atoms with Crippen molar-refractivity contribution in [3.05, 3.63) is 78.4 Å². The number of methoxy groups -OCH3 is 2. The van der Waals surface area contributed by atoms with Crippen LogP contribution in [0, 0.1) is 0 Å². The molecule has 4 rings (SSSR count). The van der Waals surface area contributed by atoms with Gasteiger partial charge in [0, 0.05) is 13.5 Å². The Morgan fingerprint density at radius 2 is 1.52 bits per heavy atom. The number of carbonyl (C=O) groups is 1. The quantitative estimate of drug-likeness (QED) is 0.492. The summed E-state index contributed by atoms with van der Waals surface area (Å²) in [5, 5.41) is 0. The Balaban J connectivity index is 1.39. The van der Waals surface area contributed by atoms with Crippen LogP contribution in [0.25, 0.3) is 0 Å². The predicted molar refractivity (Wildman–Crippen MR) is 118 cm³/mol. The maximum absolute atomic E-state index is 11.7. The summed E-state index contributed by atoms with van der Waals surface area (Å²) in [4.78, 5) is 13.9. The molecule has 3 aromatic rings. The molecule has 1 atom stereocenters. The normalized spacial score (nSPS) is 12.9. The highest BCUT2D eigenvalue weighted by Gasteiger charge is 2.23. The maximum Gasteiger partial charge on any atom is 0.335 e. The summed E-state index contributed by atoms with van der Waals surface area (Å²) in [5.41, 5.74) is 3.02. The summed E-state index contributed by atoms with van der Waals surface area (Å²) in [6.07, 6.45) is -0.164. The number of hydrogen-bond acceptors (Lipinski definition) is 6. The Hall–Kier alpha value is -3.51. The van der Waals surface area contributed by atoms with Crippen molar-refractivity contribution in [3.63, 3.8) is 0 Å². The molecule has 0 unspecified atom stereocenters. The molecule has 6 heteroatoms. The van der Waals surface area contributed by atoms with Crippen LogP contribution in [0.2, 0.25) is 0 Å². The summed E-state index contributed by atoms with van der Waals surface area (Å²) >= 11 is 0. The van der Waals surface area contributed by atoms with Crippen LogP contribution in [-0.4, -0.2) is 39.4 Å². The summed E-state index contributed by atoms with van der Waals surface area (Å²) in [6, 6.07) is 23.7. The van der Waals surface area contributed by atoms with Crippen LogP contribution >= 0.6 is 0 Å². The van der Waals surface area contributed by atoms with Crippen LogP contribution in [0.4, 0.5) is 11.4 Å². The number of fused-ring (bicyclic) bond motifs is 2. The second-order valence-electron chi connectivity index (χ2n) is 7.13. The first-order chi connectivity index (χ1) is 15.2. The number of carbonyl (C=O) groups excluding carboxylic acids is 1. The number of para-hydroxylation sites is 4. The molecule has 0 fully saturated rings. The summed E-state index contributed by atoms with van der Waals surface area (Å²) in [6.45, 7) is 1.18. The molecule has 160 valence electrons. The number of esters is 1. The number of hydrogen-bond donors (Lipinski definition) is 0. The van der Waals surface area contributed by atoms with Crippen LogP contribution in [0.1, 0.15) is 5.56 Å². The van der Waals surface area contributed by atoms with Gasteiger partial charge in [-0.15, -0.1) is 0 Å². The minimum Gasteiger partial charge on any atom is -0.492 e. The third-order valence-electron chi connectivity index (χ3n) is 5.21. The van der Waals surface area contributed by atoms with Crippen LogP contribution in [-0.2, 0) is 20.7 Å². The largest absolute Gasteiger partial charge is 0.492 e. The predicted octanol–water partition coefficient (Wildman–Crippen LogP) is 4.74. The van der Waals surface area contributed by atoms with Gasteiger partial charge in [-0.05, 0) is 42.0 Å². The van der Waals surface area contributed by atoms with Crippen LogP contribution in [0.5, 0.6) is 17.2 Å². The smallest absolute Gasteiger partial charge is 0.335 e. The SMILES string of the molecule is COC(=O)[C@H](Cc1ccc(OCCN2c3ccccc3Oc3ccccc32)cc1)OC. The van der Waals surface area contributed by atoms with E-state index in [1.807, 2.05) is 72.8 Å². The lowest BCUT2D eigenvalue weighted by atomic mass is 10.1. The highest BCUT2D eigenvalue weighted by atomic mass is 16.6. The van der Waals surface area contributed by atoms with E-state index < -0.39 is 6.10 Å². The molecule has 0 bridgehead atoms. The first-order valence-corrected chi connectivity index (χ1v) is 10.2. The van der Waals surface area contributed by atoms with Gasteiger partial charge in [0.05, 0.1) is 25.0 Å².